The Hall–Kier alpha value is -1.91. The third kappa shape index (κ3) is 2.55. The number of nitrogens with zero attached hydrogens (tertiary/aromatic N) is 2. The maximum Gasteiger partial charge on any atom is 0.187 e. The number of nitrogens with one attached hydrogen (secondary N) is 1. The van der Waals surface area contributed by atoms with E-state index in [1.54, 1.807) is 0 Å². The summed E-state index contributed by atoms with van der Waals surface area (Å²) in [5.74, 6) is -0.824. The zero-order valence-electron chi connectivity index (χ0n) is 6.57. The Morgan fingerprint density at radius 2 is 2.08 bits per heavy atom. The molecule has 1 rings (SSSR count). The second kappa shape index (κ2) is 4.20. The maximum atomic E-state index is 12.4. The van der Waals surface area contributed by atoms with Gasteiger partial charge in [-0.05, 0) is 24.3 Å². The molecule has 66 valence electrons. The summed E-state index contributed by atoms with van der Waals surface area (Å²) in [6.07, 6.45) is 0.896. The predicted octanol–water partition coefficient (Wildman–Crippen LogP) is 0.0964. The first-order valence-corrected chi connectivity index (χ1v) is 3.46. The van der Waals surface area contributed by atoms with Gasteiger partial charge in [0, 0.05) is 11.8 Å². The van der Waals surface area contributed by atoms with Gasteiger partial charge >= 0.3 is 0 Å². The van der Waals surface area contributed by atoms with Crippen LogP contribution >= 0.6 is 0 Å². The van der Waals surface area contributed by atoms with Crippen molar-refractivity contribution >= 4 is 12.0 Å². The number of halogens is 1. The number of hydrogen-bond acceptors (Lipinski definition) is 1. The van der Waals surface area contributed by atoms with E-state index >= 15 is 0 Å². The Balaban J connectivity index is 2.83. The van der Waals surface area contributed by atoms with Crippen molar-refractivity contribution in [3.8, 4) is 0 Å². The molecule has 0 bridgehead atoms. The first-order valence-electron chi connectivity index (χ1n) is 3.46. The quantitative estimate of drug-likeness (QED) is 0.304. The van der Waals surface area contributed by atoms with Crippen LogP contribution in [0.2, 0.25) is 0 Å². The fraction of sp³-hybridized carbons (Fsp3) is 0. The maximum absolute atomic E-state index is 12.4. The average Bonchev–Trinajstić information content (AvgIpc) is 2.15. The number of ketones is 1. The third-order valence-corrected chi connectivity index (χ3v) is 1.37. The number of carbonyl (C=O) groups excluding carboxylic acids is 1. The van der Waals surface area contributed by atoms with Gasteiger partial charge in [-0.3, -0.25) is 4.79 Å². The number of rotatable bonds is 3. The lowest BCUT2D eigenvalue weighted by molar-refractivity contribution is -0.485. The topological polar surface area (TPSA) is 65.7 Å². The number of carbonyl (C=O) groups is 1. The molecule has 0 aliphatic rings. The minimum absolute atomic E-state index is 0.306. The van der Waals surface area contributed by atoms with Crippen LogP contribution in [0.25, 0.3) is 5.53 Å². The summed E-state index contributed by atoms with van der Waals surface area (Å²) in [7, 11) is 0. The van der Waals surface area contributed by atoms with E-state index in [-0.39, 0.29) is 0 Å². The molecule has 0 heterocycles. The summed E-state index contributed by atoms with van der Waals surface area (Å²) in [6, 6.07) is 5.02. The van der Waals surface area contributed by atoms with Crippen molar-refractivity contribution in [2.24, 2.45) is 5.10 Å². The molecule has 1 aromatic carbocycles. The molecule has 5 heteroatoms. The Labute approximate surface area is 73.6 Å². The molecule has 13 heavy (non-hydrogen) atoms. The molecule has 0 atom stereocenters. The van der Waals surface area contributed by atoms with Crippen molar-refractivity contribution < 1.29 is 14.4 Å². The van der Waals surface area contributed by atoms with Gasteiger partial charge in [0.1, 0.15) is 5.82 Å². The Kier molecular flexibility index (Phi) is 2.97. The van der Waals surface area contributed by atoms with Crippen LogP contribution < -0.4 is 5.22 Å². The molecule has 1 N–H and O–H groups in total. The van der Waals surface area contributed by atoms with Gasteiger partial charge in [-0.2, -0.15) is 15.9 Å². The van der Waals surface area contributed by atoms with Crippen LogP contribution in [0, 0.1) is 5.82 Å². The van der Waals surface area contributed by atoms with Gasteiger partial charge in [-0.25, -0.2) is 4.39 Å². The molecule has 0 spiro atoms. The third-order valence-electron chi connectivity index (χ3n) is 1.37. The van der Waals surface area contributed by atoms with Crippen molar-refractivity contribution in [1.82, 2.24) is 0 Å². The van der Waals surface area contributed by atoms with Gasteiger partial charge in [0.25, 0.3) is 0 Å². The van der Waals surface area contributed by atoms with Crippen LogP contribution in [0.4, 0.5) is 4.39 Å². The monoisotopic (exact) mass is 179 g/mol. The Morgan fingerprint density at radius 1 is 1.46 bits per heavy atom. The zero-order valence-corrected chi connectivity index (χ0v) is 6.57. The standard InChI is InChI=1S/C8H6FN3O/c9-7-3-1-6(2-4-7)8(13)5-11-12-10/h1-5,12H. The summed E-state index contributed by atoms with van der Waals surface area (Å²) in [4.78, 5) is 11.1. The Morgan fingerprint density at radius 3 is 2.62 bits per heavy atom. The minimum atomic E-state index is -0.415. The van der Waals surface area contributed by atoms with Crippen molar-refractivity contribution in [2.75, 3.05) is 0 Å². The van der Waals surface area contributed by atoms with E-state index < -0.39 is 11.6 Å². The normalized spacial score (nSPS) is 10.2. The highest BCUT2D eigenvalue weighted by molar-refractivity contribution is 6.35. The van der Waals surface area contributed by atoms with Crippen LogP contribution in [0.3, 0.4) is 0 Å². The van der Waals surface area contributed by atoms with Crippen LogP contribution in [0.15, 0.2) is 29.4 Å². The summed E-state index contributed by atoms with van der Waals surface area (Å²) < 4.78 is 12.4. The fourth-order valence-corrected chi connectivity index (χ4v) is 0.776. The summed E-state index contributed by atoms with van der Waals surface area (Å²) in [5, 5.41) is 4.56. The van der Waals surface area contributed by atoms with Crippen LogP contribution in [0.5, 0.6) is 0 Å². The molecule has 0 aliphatic heterocycles. The molecule has 0 amide bonds. The summed E-state index contributed by atoms with van der Waals surface area (Å²) >= 11 is 0. The fourth-order valence-electron chi connectivity index (χ4n) is 0.776. The smallest absolute Gasteiger partial charge is 0.187 e. The average molecular weight is 179 g/mol. The van der Waals surface area contributed by atoms with Gasteiger partial charge in [-0.1, -0.05) is 0 Å². The lowest BCUT2D eigenvalue weighted by atomic mass is 10.1. The molecule has 0 radical (unpaired) electrons. The molecule has 0 aromatic heterocycles. The molecule has 0 unspecified atom stereocenters. The van der Waals surface area contributed by atoms with Crippen molar-refractivity contribution in [3.63, 3.8) is 0 Å². The molecule has 1 aromatic rings. The highest BCUT2D eigenvalue weighted by Crippen LogP contribution is 2.02. The molecular weight excluding hydrogens is 173 g/mol. The van der Waals surface area contributed by atoms with Crippen molar-refractivity contribution in [1.29, 1.82) is 0 Å². The zero-order chi connectivity index (χ0) is 9.68. The van der Waals surface area contributed by atoms with Crippen molar-refractivity contribution in [3.05, 3.63) is 41.2 Å². The lowest BCUT2D eigenvalue weighted by Crippen LogP contribution is -2.54. The van der Waals surface area contributed by atoms with Gasteiger partial charge in [-0.15, -0.1) is 0 Å². The van der Waals surface area contributed by atoms with E-state index in [1.165, 1.54) is 29.5 Å². The van der Waals surface area contributed by atoms with Crippen LogP contribution in [0.1, 0.15) is 10.4 Å². The SMILES string of the molecule is [N-]=[NH+]N=CC(=O)c1ccc(F)cc1. The number of benzene rings is 1. The number of Topliss-reactive ketones (excluding diaryl/α,β-unsaturated/α-hetero) is 1. The van der Waals surface area contributed by atoms with Crippen LogP contribution in [-0.4, -0.2) is 12.0 Å². The lowest BCUT2D eigenvalue weighted by Gasteiger charge is -1.93. The molecule has 0 fully saturated rings. The molecule has 0 saturated carbocycles. The van der Waals surface area contributed by atoms with E-state index in [2.05, 4.69) is 5.10 Å². The summed E-state index contributed by atoms with van der Waals surface area (Å²) in [5.41, 5.74) is 8.35. The van der Waals surface area contributed by atoms with E-state index in [0.29, 0.717) is 5.56 Å². The van der Waals surface area contributed by atoms with E-state index in [0.717, 1.165) is 6.21 Å². The van der Waals surface area contributed by atoms with Gasteiger partial charge in [0.2, 0.25) is 0 Å². The first-order chi connectivity index (χ1) is 6.24. The first kappa shape index (κ1) is 9.18. The number of hydrogen-bond donors (Lipinski definition) is 1. The predicted molar refractivity (Wildman–Crippen MR) is 43.5 cm³/mol. The number of hydrazone groups is 1. The van der Waals surface area contributed by atoms with Crippen molar-refractivity contribution in [2.45, 2.75) is 0 Å². The van der Waals surface area contributed by atoms with Gasteiger partial charge in [0.05, 0.1) is 0 Å². The molecule has 4 nitrogen and oxygen atoms in total. The van der Waals surface area contributed by atoms with Crippen LogP contribution in [-0.2, 0) is 0 Å². The summed E-state index contributed by atoms with van der Waals surface area (Å²) in [6.45, 7) is 0. The van der Waals surface area contributed by atoms with Gasteiger partial charge in [0.15, 0.2) is 5.78 Å². The van der Waals surface area contributed by atoms with E-state index in [1.807, 2.05) is 0 Å². The van der Waals surface area contributed by atoms with E-state index in [9.17, 15) is 9.18 Å². The Bertz CT molecular complexity index is 345. The second-order valence-electron chi connectivity index (χ2n) is 2.23. The second-order valence-corrected chi connectivity index (χ2v) is 2.23. The largest absolute Gasteiger partial charge is 0.289 e. The molecule has 0 aliphatic carbocycles. The minimum Gasteiger partial charge on any atom is -0.289 e. The van der Waals surface area contributed by atoms with Gasteiger partial charge < -0.3 is 0 Å². The molecule has 0 saturated heterocycles. The highest BCUT2D eigenvalue weighted by atomic mass is 19.1. The highest BCUT2D eigenvalue weighted by Gasteiger charge is 1.99. The molecular formula is C8H6FN3O. The van der Waals surface area contributed by atoms with E-state index in [4.69, 9.17) is 5.53 Å².